The molecule has 0 radical (unpaired) electrons. The first-order valence-corrected chi connectivity index (χ1v) is 9.06. The Morgan fingerprint density at radius 2 is 1.46 bits per heavy atom. The Kier molecular flexibility index (Phi) is 8.23. The van der Waals surface area contributed by atoms with Crippen LogP contribution in [0.15, 0.2) is 54.6 Å². The quantitative estimate of drug-likeness (QED) is 0.781. The zero-order valence-corrected chi connectivity index (χ0v) is 16.7. The molecule has 0 bridgehead atoms. The van der Waals surface area contributed by atoms with E-state index in [0.717, 1.165) is 31.9 Å². The molecule has 0 N–H and O–H groups in total. The summed E-state index contributed by atoms with van der Waals surface area (Å²) in [6, 6.07) is 19.3. The van der Waals surface area contributed by atoms with Crippen LogP contribution in [0.3, 0.4) is 0 Å². The monoisotopic (exact) mass is 394 g/mol. The van der Waals surface area contributed by atoms with Crippen LogP contribution in [0.4, 0.5) is 0 Å². The van der Waals surface area contributed by atoms with E-state index in [9.17, 15) is 0 Å². The van der Waals surface area contributed by atoms with Gasteiger partial charge in [0.05, 0.1) is 6.61 Å². The number of piperazine rings is 1. The van der Waals surface area contributed by atoms with Crippen molar-refractivity contribution in [2.75, 3.05) is 39.3 Å². The van der Waals surface area contributed by atoms with Crippen molar-refractivity contribution in [1.29, 1.82) is 0 Å². The maximum Gasteiger partial charge on any atom is 0.122 e. The van der Waals surface area contributed by atoms with Gasteiger partial charge in [0.15, 0.2) is 0 Å². The third-order valence-electron chi connectivity index (χ3n) is 5.19. The fourth-order valence-electron chi connectivity index (χ4n) is 3.84. The Bertz CT molecular complexity index is 660. The minimum Gasteiger partial charge on any atom is -0.493 e. The second-order valence-electron chi connectivity index (χ2n) is 7.05. The molecular formula is C21H28Cl2N2O. The lowest BCUT2D eigenvalue weighted by molar-refractivity contribution is 0.0957. The summed E-state index contributed by atoms with van der Waals surface area (Å²) in [5.74, 6) is 1.71. The molecule has 2 aliphatic rings. The van der Waals surface area contributed by atoms with Crippen LogP contribution in [0, 0.1) is 5.92 Å². The molecule has 2 aromatic rings. The summed E-state index contributed by atoms with van der Waals surface area (Å²) in [5.41, 5.74) is 2.79. The molecule has 142 valence electrons. The molecular weight excluding hydrogens is 367 g/mol. The number of nitrogens with zero attached hydrogens (tertiary/aromatic N) is 2. The lowest BCUT2D eigenvalue weighted by Gasteiger charge is -2.37. The molecule has 1 saturated heterocycles. The predicted molar refractivity (Wildman–Crippen MR) is 112 cm³/mol. The van der Waals surface area contributed by atoms with Gasteiger partial charge in [-0.1, -0.05) is 48.5 Å². The third-order valence-corrected chi connectivity index (χ3v) is 5.19. The number of fused-ring (bicyclic) bond motifs is 1. The van der Waals surface area contributed by atoms with E-state index in [1.54, 1.807) is 0 Å². The Hall–Kier alpha value is -1.26. The zero-order valence-electron chi connectivity index (χ0n) is 15.0. The van der Waals surface area contributed by atoms with Gasteiger partial charge in [0.1, 0.15) is 5.75 Å². The van der Waals surface area contributed by atoms with E-state index >= 15 is 0 Å². The number of para-hydroxylation sites is 1. The molecule has 2 aromatic carbocycles. The first-order chi connectivity index (χ1) is 11.9. The first-order valence-electron chi connectivity index (χ1n) is 9.06. The van der Waals surface area contributed by atoms with E-state index in [2.05, 4.69) is 64.4 Å². The van der Waals surface area contributed by atoms with Gasteiger partial charge < -0.3 is 9.64 Å². The van der Waals surface area contributed by atoms with Crippen LogP contribution >= 0.6 is 24.8 Å². The zero-order chi connectivity index (χ0) is 16.2. The Morgan fingerprint density at radius 1 is 0.808 bits per heavy atom. The van der Waals surface area contributed by atoms with Crippen molar-refractivity contribution >= 4 is 24.8 Å². The highest BCUT2D eigenvalue weighted by molar-refractivity contribution is 5.85. The SMILES string of the molecule is Cl.Cl.c1ccc(CN2CCN(CC3COc4ccccc4C3)CC2)cc1. The smallest absolute Gasteiger partial charge is 0.122 e. The first kappa shape index (κ1) is 21.0. The van der Waals surface area contributed by atoms with E-state index in [-0.39, 0.29) is 24.8 Å². The summed E-state index contributed by atoms with van der Waals surface area (Å²) in [7, 11) is 0. The predicted octanol–water partition coefficient (Wildman–Crippen LogP) is 3.90. The molecule has 0 aliphatic carbocycles. The maximum atomic E-state index is 5.94. The Morgan fingerprint density at radius 3 is 2.23 bits per heavy atom. The number of rotatable bonds is 4. The minimum atomic E-state index is 0. The largest absolute Gasteiger partial charge is 0.493 e. The summed E-state index contributed by atoms with van der Waals surface area (Å²) >= 11 is 0. The Labute approximate surface area is 169 Å². The van der Waals surface area contributed by atoms with Crippen LogP contribution in [-0.2, 0) is 13.0 Å². The number of ether oxygens (including phenoxy) is 1. The van der Waals surface area contributed by atoms with E-state index in [4.69, 9.17) is 4.74 Å². The average Bonchev–Trinajstić information content (AvgIpc) is 2.64. The van der Waals surface area contributed by atoms with Crippen molar-refractivity contribution in [3.8, 4) is 5.75 Å². The van der Waals surface area contributed by atoms with Crippen molar-refractivity contribution in [1.82, 2.24) is 9.80 Å². The van der Waals surface area contributed by atoms with Crippen LogP contribution < -0.4 is 4.74 Å². The number of hydrogen-bond acceptors (Lipinski definition) is 3. The van der Waals surface area contributed by atoms with Gasteiger partial charge >= 0.3 is 0 Å². The lowest BCUT2D eigenvalue weighted by Crippen LogP contribution is -2.48. The van der Waals surface area contributed by atoms with Gasteiger partial charge in [-0.25, -0.2) is 0 Å². The van der Waals surface area contributed by atoms with Crippen LogP contribution in [0.25, 0.3) is 0 Å². The fraction of sp³-hybridized carbons (Fsp3) is 0.429. The van der Waals surface area contributed by atoms with Crippen molar-refractivity contribution in [3.63, 3.8) is 0 Å². The van der Waals surface area contributed by atoms with E-state index < -0.39 is 0 Å². The van der Waals surface area contributed by atoms with Gasteiger partial charge in [0, 0.05) is 45.2 Å². The molecule has 5 heteroatoms. The highest BCUT2D eigenvalue weighted by Crippen LogP contribution is 2.27. The lowest BCUT2D eigenvalue weighted by atomic mass is 9.96. The van der Waals surface area contributed by atoms with Crippen LogP contribution in [0.1, 0.15) is 11.1 Å². The van der Waals surface area contributed by atoms with Gasteiger partial charge in [0.2, 0.25) is 0 Å². The Balaban J connectivity index is 0.00000121. The van der Waals surface area contributed by atoms with Gasteiger partial charge in [-0.05, 0) is 23.6 Å². The molecule has 1 unspecified atom stereocenters. The second kappa shape index (κ2) is 10.2. The van der Waals surface area contributed by atoms with Crippen molar-refractivity contribution in [2.45, 2.75) is 13.0 Å². The molecule has 1 fully saturated rings. The number of halogens is 2. The maximum absolute atomic E-state index is 5.94. The summed E-state index contributed by atoms with van der Waals surface area (Å²) in [6.07, 6.45) is 1.15. The topological polar surface area (TPSA) is 15.7 Å². The van der Waals surface area contributed by atoms with E-state index in [1.807, 2.05) is 0 Å². The van der Waals surface area contributed by atoms with Gasteiger partial charge in [-0.2, -0.15) is 0 Å². The summed E-state index contributed by atoms with van der Waals surface area (Å²) in [4.78, 5) is 5.18. The third kappa shape index (κ3) is 5.37. The highest BCUT2D eigenvalue weighted by atomic mass is 35.5. The van der Waals surface area contributed by atoms with E-state index in [1.165, 1.54) is 37.3 Å². The molecule has 2 heterocycles. The molecule has 1 atom stereocenters. The molecule has 2 aliphatic heterocycles. The molecule has 3 nitrogen and oxygen atoms in total. The second-order valence-corrected chi connectivity index (χ2v) is 7.05. The summed E-state index contributed by atoms with van der Waals surface area (Å²) in [5, 5.41) is 0. The number of benzene rings is 2. The summed E-state index contributed by atoms with van der Waals surface area (Å²) < 4.78 is 5.94. The molecule has 0 spiro atoms. The molecule has 4 rings (SSSR count). The van der Waals surface area contributed by atoms with Crippen molar-refractivity contribution in [3.05, 3.63) is 65.7 Å². The van der Waals surface area contributed by atoms with E-state index in [0.29, 0.717) is 5.92 Å². The van der Waals surface area contributed by atoms with Crippen molar-refractivity contribution < 1.29 is 4.74 Å². The highest BCUT2D eigenvalue weighted by Gasteiger charge is 2.24. The normalized spacial score (nSPS) is 20.2. The summed E-state index contributed by atoms with van der Waals surface area (Å²) in [6.45, 7) is 7.78. The standard InChI is InChI=1S/C21H26N2O.2ClH/c1-2-6-18(7-3-1)15-22-10-12-23(13-11-22)16-19-14-20-8-4-5-9-21(20)24-17-19;;/h1-9,19H,10-17H2;2*1H. The van der Waals surface area contributed by atoms with Crippen LogP contribution in [0.2, 0.25) is 0 Å². The molecule has 0 aromatic heterocycles. The van der Waals surface area contributed by atoms with Gasteiger partial charge in [-0.15, -0.1) is 24.8 Å². The van der Waals surface area contributed by atoms with Gasteiger partial charge in [0.25, 0.3) is 0 Å². The molecule has 0 amide bonds. The molecule has 0 saturated carbocycles. The van der Waals surface area contributed by atoms with Crippen molar-refractivity contribution in [2.24, 2.45) is 5.92 Å². The average molecular weight is 395 g/mol. The minimum absolute atomic E-state index is 0. The molecule has 26 heavy (non-hydrogen) atoms. The van der Waals surface area contributed by atoms with Crippen LogP contribution in [0.5, 0.6) is 5.75 Å². The van der Waals surface area contributed by atoms with Crippen LogP contribution in [-0.4, -0.2) is 49.1 Å². The number of hydrogen-bond donors (Lipinski definition) is 0. The fourth-order valence-corrected chi connectivity index (χ4v) is 3.84. The van der Waals surface area contributed by atoms with Gasteiger partial charge in [-0.3, -0.25) is 4.90 Å².